The zero-order valence-electron chi connectivity index (χ0n) is 14.7. The third kappa shape index (κ3) is 2.51. The van der Waals surface area contributed by atoms with Crippen molar-refractivity contribution in [1.82, 2.24) is 5.32 Å². The quantitative estimate of drug-likeness (QED) is 0.929. The Morgan fingerprint density at radius 1 is 1.28 bits per heavy atom. The second kappa shape index (κ2) is 5.99. The molecule has 2 aromatic rings. The summed E-state index contributed by atoms with van der Waals surface area (Å²) in [7, 11) is 1.65. The maximum Gasteiger partial charge on any atom is 0.322 e. The number of hydrogen-bond donors (Lipinski definition) is 1. The Labute approximate surface area is 147 Å². The van der Waals surface area contributed by atoms with Gasteiger partial charge in [-0.1, -0.05) is 18.2 Å². The third-order valence-corrected chi connectivity index (χ3v) is 4.85. The number of hydrogen-bond acceptors (Lipinski definition) is 3. The first-order chi connectivity index (χ1) is 12.1. The predicted molar refractivity (Wildman–Crippen MR) is 96.6 cm³/mol. The largest absolute Gasteiger partial charge is 0.497 e. The van der Waals surface area contributed by atoms with Gasteiger partial charge >= 0.3 is 6.03 Å². The molecule has 2 aliphatic heterocycles. The fourth-order valence-electron chi connectivity index (χ4n) is 3.71. The van der Waals surface area contributed by atoms with Crippen LogP contribution in [0.5, 0.6) is 11.5 Å². The van der Waals surface area contributed by atoms with E-state index in [0.29, 0.717) is 6.61 Å². The molecule has 0 bridgehead atoms. The zero-order chi connectivity index (χ0) is 17.6. The van der Waals surface area contributed by atoms with Crippen LogP contribution in [-0.2, 0) is 6.42 Å². The Hall–Kier alpha value is -2.69. The highest BCUT2D eigenvalue weighted by atomic mass is 16.5. The van der Waals surface area contributed by atoms with Gasteiger partial charge in [-0.05, 0) is 43.2 Å². The van der Waals surface area contributed by atoms with E-state index >= 15 is 0 Å². The first kappa shape index (κ1) is 15.8. The van der Waals surface area contributed by atoms with E-state index in [1.54, 1.807) is 12.0 Å². The minimum Gasteiger partial charge on any atom is -0.497 e. The number of amides is 2. The highest BCUT2D eigenvalue weighted by Gasteiger charge is 2.37. The molecule has 0 aromatic heterocycles. The van der Waals surface area contributed by atoms with Crippen LogP contribution >= 0.6 is 0 Å². The Morgan fingerprint density at radius 3 is 2.88 bits per heavy atom. The first-order valence-electron chi connectivity index (χ1n) is 8.62. The minimum absolute atomic E-state index is 0.0597. The molecular weight excluding hydrogens is 316 g/mol. The number of nitrogens with zero attached hydrogens (tertiary/aromatic N) is 1. The van der Waals surface area contributed by atoms with Crippen LogP contribution in [0.25, 0.3) is 0 Å². The van der Waals surface area contributed by atoms with Gasteiger partial charge in [-0.2, -0.15) is 0 Å². The Balaban J connectivity index is 1.91. The summed E-state index contributed by atoms with van der Waals surface area (Å²) >= 11 is 0. The van der Waals surface area contributed by atoms with Gasteiger partial charge in [-0.15, -0.1) is 0 Å². The molecule has 2 amide bonds. The molecule has 0 saturated heterocycles. The monoisotopic (exact) mass is 338 g/mol. The standard InChI is InChI=1S/C20H22N2O3/c1-12(2)22-16-8-7-13-9-10-25-19(13)17(16)18(21-20(22)23)14-5-4-6-15(11-14)24-3/h4-8,11-12,18H,9-10H2,1-3H3,(H,21,23). The number of anilines is 1. The number of fused-ring (bicyclic) bond motifs is 3. The Morgan fingerprint density at radius 2 is 2.12 bits per heavy atom. The summed E-state index contributed by atoms with van der Waals surface area (Å²) in [6.45, 7) is 4.72. The van der Waals surface area contributed by atoms with Crippen LogP contribution in [0, 0.1) is 0 Å². The molecule has 5 heteroatoms. The third-order valence-electron chi connectivity index (χ3n) is 4.85. The maximum atomic E-state index is 12.8. The van der Waals surface area contributed by atoms with Gasteiger partial charge in [-0.25, -0.2) is 4.79 Å². The number of nitrogens with one attached hydrogen (secondary N) is 1. The van der Waals surface area contributed by atoms with Gasteiger partial charge in [0.25, 0.3) is 0 Å². The normalized spacial score (nSPS) is 18.5. The fourth-order valence-corrected chi connectivity index (χ4v) is 3.71. The lowest BCUT2D eigenvalue weighted by atomic mass is 9.91. The summed E-state index contributed by atoms with van der Waals surface area (Å²) in [5.41, 5.74) is 4.15. The molecular formula is C20H22N2O3. The van der Waals surface area contributed by atoms with E-state index in [1.165, 1.54) is 5.56 Å². The van der Waals surface area contributed by atoms with Gasteiger partial charge in [0.1, 0.15) is 11.5 Å². The van der Waals surface area contributed by atoms with Gasteiger partial charge < -0.3 is 14.8 Å². The van der Waals surface area contributed by atoms with Crippen molar-refractivity contribution >= 4 is 11.7 Å². The van der Waals surface area contributed by atoms with E-state index in [0.717, 1.165) is 34.7 Å². The molecule has 25 heavy (non-hydrogen) atoms. The molecule has 2 aromatic carbocycles. The zero-order valence-corrected chi connectivity index (χ0v) is 14.7. The van der Waals surface area contributed by atoms with Crippen molar-refractivity contribution in [2.75, 3.05) is 18.6 Å². The number of ether oxygens (including phenoxy) is 2. The van der Waals surface area contributed by atoms with Crippen molar-refractivity contribution < 1.29 is 14.3 Å². The van der Waals surface area contributed by atoms with E-state index in [4.69, 9.17) is 9.47 Å². The Bertz CT molecular complexity index is 832. The lowest BCUT2D eigenvalue weighted by molar-refractivity contribution is 0.240. The van der Waals surface area contributed by atoms with Crippen LogP contribution in [0.15, 0.2) is 36.4 Å². The lowest BCUT2D eigenvalue weighted by Crippen LogP contribution is -2.50. The second-order valence-electron chi connectivity index (χ2n) is 6.71. The van der Waals surface area contributed by atoms with E-state index in [2.05, 4.69) is 17.4 Å². The van der Waals surface area contributed by atoms with Crippen molar-refractivity contribution in [1.29, 1.82) is 0 Å². The van der Waals surface area contributed by atoms with Gasteiger partial charge in [0, 0.05) is 18.0 Å². The molecule has 5 nitrogen and oxygen atoms in total. The molecule has 1 atom stereocenters. The molecule has 0 fully saturated rings. The van der Waals surface area contributed by atoms with Gasteiger partial charge in [-0.3, -0.25) is 4.90 Å². The highest BCUT2D eigenvalue weighted by Crippen LogP contribution is 2.45. The number of carbonyl (C=O) groups excluding carboxylic acids is 1. The highest BCUT2D eigenvalue weighted by molar-refractivity contribution is 5.97. The van der Waals surface area contributed by atoms with E-state index in [9.17, 15) is 4.79 Å². The smallest absolute Gasteiger partial charge is 0.322 e. The van der Waals surface area contributed by atoms with Crippen molar-refractivity contribution in [2.45, 2.75) is 32.4 Å². The van der Waals surface area contributed by atoms with Crippen LogP contribution in [0.1, 0.15) is 36.6 Å². The predicted octanol–water partition coefficient (Wildman–Crippen LogP) is 3.66. The van der Waals surface area contributed by atoms with Crippen LogP contribution < -0.4 is 19.7 Å². The van der Waals surface area contributed by atoms with Crippen LogP contribution in [0.4, 0.5) is 10.5 Å². The van der Waals surface area contributed by atoms with Crippen molar-refractivity contribution in [3.05, 3.63) is 53.1 Å². The maximum absolute atomic E-state index is 12.8. The topological polar surface area (TPSA) is 50.8 Å². The summed E-state index contributed by atoms with van der Waals surface area (Å²) in [4.78, 5) is 14.6. The second-order valence-corrected chi connectivity index (χ2v) is 6.71. The minimum atomic E-state index is -0.249. The molecule has 2 aliphatic rings. The van der Waals surface area contributed by atoms with Crippen molar-refractivity contribution in [3.8, 4) is 11.5 Å². The molecule has 0 saturated carbocycles. The fraction of sp³-hybridized carbons (Fsp3) is 0.350. The van der Waals surface area contributed by atoms with Gasteiger partial charge in [0.2, 0.25) is 0 Å². The summed E-state index contributed by atoms with van der Waals surface area (Å²) in [5.74, 6) is 1.68. The van der Waals surface area contributed by atoms with Crippen LogP contribution in [0.2, 0.25) is 0 Å². The van der Waals surface area contributed by atoms with Crippen LogP contribution in [-0.4, -0.2) is 25.8 Å². The number of benzene rings is 2. The average Bonchev–Trinajstić information content (AvgIpc) is 3.09. The lowest BCUT2D eigenvalue weighted by Gasteiger charge is -2.38. The van der Waals surface area contributed by atoms with E-state index < -0.39 is 0 Å². The molecule has 0 radical (unpaired) electrons. The Kier molecular flexibility index (Phi) is 3.79. The summed E-state index contributed by atoms with van der Waals surface area (Å²) in [6.07, 6.45) is 0.906. The molecule has 2 heterocycles. The van der Waals surface area contributed by atoms with E-state index in [-0.39, 0.29) is 18.1 Å². The molecule has 4 rings (SSSR count). The summed E-state index contributed by atoms with van der Waals surface area (Å²) in [5, 5.41) is 3.15. The molecule has 0 aliphatic carbocycles. The molecule has 1 unspecified atom stereocenters. The number of rotatable bonds is 3. The average molecular weight is 338 g/mol. The number of carbonyl (C=O) groups is 1. The summed E-state index contributed by atoms with van der Waals surface area (Å²) in [6, 6.07) is 11.7. The summed E-state index contributed by atoms with van der Waals surface area (Å²) < 4.78 is 11.3. The molecule has 130 valence electrons. The molecule has 1 N–H and O–H groups in total. The molecule has 0 spiro atoms. The van der Waals surface area contributed by atoms with Crippen molar-refractivity contribution in [2.24, 2.45) is 0 Å². The number of urea groups is 1. The van der Waals surface area contributed by atoms with E-state index in [1.807, 2.05) is 38.1 Å². The SMILES string of the molecule is COc1cccc(C2NC(=O)N(C(C)C)c3ccc4c(c32)OCC4)c1. The van der Waals surface area contributed by atoms with Crippen molar-refractivity contribution in [3.63, 3.8) is 0 Å². The van der Waals surface area contributed by atoms with Gasteiger partial charge in [0.15, 0.2) is 0 Å². The number of methoxy groups -OCH3 is 1. The van der Waals surface area contributed by atoms with Crippen LogP contribution in [0.3, 0.4) is 0 Å². The first-order valence-corrected chi connectivity index (χ1v) is 8.62. The van der Waals surface area contributed by atoms with Gasteiger partial charge in [0.05, 0.1) is 25.4 Å².